The maximum Gasteiger partial charge on any atom is 0.323 e. The van der Waals surface area contributed by atoms with Crippen LogP contribution in [0.1, 0.15) is 23.5 Å². The minimum Gasteiger partial charge on any atom is -0.480 e. The van der Waals surface area contributed by atoms with Gasteiger partial charge in [-0.1, -0.05) is 0 Å². The number of nitrogens with one attached hydrogen (secondary N) is 1. The van der Waals surface area contributed by atoms with Crippen molar-refractivity contribution in [2.24, 2.45) is 0 Å². The van der Waals surface area contributed by atoms with E-state index in [2.05, 4.69) is 10.3 Å². The van der Waals surface area contributed by atoms with E-state index in [0.717, 1.165) is 23.5 Å². The third kappa shape index (κ3) is 1.78. The summed E-state index contributed by atoms with van der Waals surface area (Å²) in [5.74, 6) is -0.745. The Labute approximate surface area is 86.0 Å². The number of carboxylic acids is 1. The predicted molar refractivity (Wildman–Crippen MR) is 53.3 cm³/mol. The van der Waals surface area contributed by atoms with Crippen molar-refractivity contribution in [2.75, 3.05) is 0 Å². The first kappa shape index (κ1) is 9.61. The second-order valence-corrected chi connectivity index (χ2v) is 4.57. The van der Waals surface area contributed by atoms with Crippen molar-refractivity contribution in [1.82, 2.24) is 10.3 Å². The molecule has 1 heterocycles. The van der Waals surface area contributed by atoms with Crippen LogP contribution in [-0.4, -0.2) is 21.6 Å². The average molecular weight is 212 g/mol. The third-order valence-corrected chi connectivity index (χ3v) is 3.37. The molecule has 1 fully saturated rings. The molecule has 0 saturated heterocycles. The summed E-state index contributed by atoms with van der Waals surface area (Å²) in [6.07, 6.45) is 1.46. The van der Waals surface area contributed by atoms with Crippen LogP contribution in [0.5, 0.6) is 0 Å². The fourth-order valence-electron chi connectivity index (χ4n) is 1.32. The van der Waals surface area contributed by atoms with Crippen LogP contribution < -0.4 is 5.32 Å². The van der Waals surface area contributed by atoms with E-state index in [0.29, 0.717) is 6.54 Å². The number of rotatable bonds is 4. The van der Waals surface area contributed by atoms with Gasteiger partial charge in [0.25, 0.3) is 0 Å². The van der Waals surface area contributed by atoms with Gasteiger partial charge in [0.05, 0.1) is 0 Å². The number of thiazole rings is 1. The van der Waals surface area contributed by atoms with Crippen LogP contribution in [0.4, 0.5) is 0 Å². The summed E-state index contributed by atoms with van der Waals surface area (Å²) in [4.78, 5) is 15.1. The zero-order valence-corrected chi connectivity index (χ0v) is 8.73. The molecule has 0 radical (unpaired) electrons. The Balaban J connectivity index is 1.92. The quantitative estimate of drug-likeness (QED) is 0.786. The van der Waals surface area contributed by atoms with E-state index >= 15 is 0 Å². The number of aromatic nitrogens is 1. The smallest absolute Gasteiger partial charge is 0.323 e. The van der Waals surface area contributed by atoms with Crippen molar-refractivity contribution in [1.29, 1.82) is 0 Å². The van der Waals surface area contributed by atoms with Crippen LogP contribution in [-0.2, 0) is 11.3 Å². The van der Waals surface area contributed by atoms with Crippen LogP contribution in [0.15, 0.2) is 5.38 Å². The first-order valence-corrected chi connectivity index (χ1v) is 5.40. The highest BCUT2D eigenvalue weighted by atomic mass is 32.1. The maximum atomic E-state index is 10.8. The van der Waals surface area contributed by atoms with E-state index in [-0.39, 0.29) is 0 Å². The molecule has 0 bridgehead atoms. The molecule has 5 heteroatoms. The molecule has 1 aromatic heterocycles. The van der Waals surface area contributed by atoms with Crippen molar-refractivity contribution in [3.05, 3.63) is 16.1 Å². The summed E-state index contributed by atoms with van der Waals surface area (Å²) in [6, 6.07) is 0. The van der Waals surface area contributed by atoms with Gasteiger partial charge in [0, 0.05) is 17.6 Å². The SMILES string of the molecule is Cc1csc(CNC2(C(=O)O)CC2)n1. The van der Waals surface area contributed by atoms with Crippen LogP contribution in [0.25, 0.3) is 0 Å². The lowest BCUT2D eigenvalue weighted by Gasteiger charge is -2.09. The van der Waals surface area contributed by atoms with E-state index in [1.165, 1.54) is 0 Å². The van der Waals surface area contributed by atoms with Gasteiger partial charge in [-0.2, -0.15) is 0 Å². The lowest BCUT2D eigenvalue weighted by molar-refractivity contribution is -0.140. The lowest BCUT2D eigenvalue weighted by atomic mass is 10.3. The van der Waals surface area contributed by atoms with Gasteiger partial charge in [0.1, 0.15) is 10.5 Å². The van der Waals surface area contributed by atoms with Gasteiger partial charge >= 0.3 is 5.97 Å². The average Bonchev–Trinajstić information content (AvgIpc) is 2.82. The zero-order chi connectivity index (χ0) is 10.2. The highest BCUT2D eigenvalue weighted by Crippen LogP contribution is 2.35. The number of aryl methyl sites for hydroxylation is 1. The van der Waals surface area contributed by atoms with Crippen molar-refractivity contribution in [3.8, 4) is 0 Å². The van der Waals surface area contributed by atoms with Gasteiger partial charge in [-0.3, -0.25) is 10.1 Å². The largest absolute Gasteiger partial charge is 0.480 e. The van der Waals surface area contributed by atoms with E-state index in [4.69, 9.17) is 5.11 Å². The number of hydrogen-bond acceptors (Lipinski definition) is 4. The summed E-state index contributed by atoms with van der Waals surface area (Å²) in [5.41, 5.74) is 0.339. The second-order valence-electron chi connectivity index (χ2n) is 3.62. The topological polar surface area (TPSA) is 62.2 Å². The lowest BCUT2D eigenvalue weighted by Crippen LogP contribution is -2.38. The van der Waals surface area contributed by atoms with Crippen molar-refractivity contribution in [3.63, 3.8) is 0 Å². The molecule has 76 valence electrons. The molecule has 0 atom stereocenters. The van der Waals surface area contributed by atoms with Gasteiger partial charge in [0.15, 0.2) is 0 Å². The summed E-state index contributed by atoms with van der Waals surface area (Å²) < 4.78 is 0. The number of aliphatic carboxylic acids is 1. The number of carbonyl (C=O) groups is 1. The molecule has 1 aliphatic carbocycles. The van der Waals surface area contributed by atoms with Gasteiger partial charge in [-0.05, 0) is 19.8 Å². The fourth-order valence-corrected chi connectivity index (χ4v) is 2.03. The van der Waals surface area contributed by atoms with E-state index in [1.807, 2.05) is 12.3 Å². The molecule has 0 amide bonds. The Kier molecular flexibility index (Phi) is 2.28. The normalized spacial score (nSPS) is 18.1. The summed E-state index contributed by atoms with van der Waals surface area (Å²) in [7, 11) is 0. The van der Waals surface area contributed by atoms with Crippen molar-refractivity contribution < 1.29 is 9.90 Å². The van der Waals surface area contributed by atoms with Crippen molar-refractivity contribution >= 4 is 17.3 Å². The van der Waals surface area contributed by atoms with E-state index in [1.54, 1.807) is 11.3 Å². The number of hydrogen-bond donors (Lipinski definition) is 2. The number of carboxylic acid groups (broad SMARTS) is 1. The van der Waals surface area contributed by atoms with Gasteiger partial charge < -0.3 is 5.11 Å². The molecule has 0 aromatic carbocycles. The molecule has 4 nitrogen and oxygen atoms in total. The third-order valence-electron chi connectivity index (χ3n) is 2.40. The molecule has 1 aliphatic rings. The van der Waals surface area contributed by atoms with Crippen molar-refractivity contribution in [2.45, 2.75) is 31.8 Å². The highest BCUT2D eigenvalue weighted by molar-refractivity contribution is 7.09. The molecular weight excluding hydrogens is 200 g/mol. The van der Waals surface area contributed by atoms with E-state index < -0.39 is 11.5 Å². The monoisotopic (exact) mass is 212 g/mol. The van der Waals surface area contributed by atoms with Gasteiger partial charge in [0.2, 0.25) is 0 Å². The van der Waals surface area contributed by atoms with E-state index in [9.17, 15) is 4.79 Å². The van der Waals surface area contributed by atoms with Crippen LogP contribution in [0.2, 0.25) is 0 Å². The molecule has 1 aromatic rings. The van der Waals surface area contributed by atoms with Crippen LogP contribution in [0, 0.1) is 6.92 Å². The molecule has 1 saturated carbocycles. The minimum absolute atomic E-state index is 0.560. The maximum absolute atomic E-state index is 10.8. The Morgan fingerprint density at radius 3 is 2.93 bits per heavy atom. The Bertz CT molecular complexity index is 357. The van der Waals surface area contributed by atoms with Gasteiger partial charge in [-0.15, -0.1) is 11.3 Å². The molecule has 2 rings (SSSR count). The summed E-state index contributed by atoms with van der Waals surface area (Å²) in [6.45, 7) is 2.49. The summed E-state index contributed by atoms with van der Waals surface area (Å²) >= 11 is 1.56. The standard InChI is InChI=1S/C9H12N2O2S/c1-6-5-14-7(11-6)4-10-9(2-3-9)8(12)13/h5,10H,2-4H2,1H3,(H,12,13). The molecule has 0 unspecified atom stereocenters. The first-order chi connectivity index (χ1) is 6.62. The molecule has 0 aliphatic heterocycles. The molecular formula is C9H12N2O2S. The van der Waals surface area contributed by atoms with Gasteiger partial charge in [-0.25, -0.2) is 4.98 Å². The highest BCUT2D eigenvalue weighted by Gasteiger charge is 2.49. The molecule has 2 N–H and O–H groups in total. The zero-order valence-electron chi connectivity index (χ0n) is 7.91. The second kappa shape index (κ2) is 3.33. The fraction of sp³-hybridized carbons (Fsp3) is 0.556. The van der Waals surface area contributed by atoms with Crippen LogP contribution >= 0.6 is 11.3 Å². The number of nitrogens with zero attached hydrogens (tertiary/aromatic N) is 1. The Hall–Kier alpha value is -0.940. The first-order valence-electron chi connectivity index (χ1n) is 4.52. The Morgan fingerprint density at radius 1 is 1.79 bits per heavy atom. The summed E-state index contributed by atoms with van der Waals surface area (Å²) in [5, 5.41) is 14.9. The van der Waals surface area contributed by atoms with Crippen LogP contribution in [0.3, 0.4) is 0 Å². The Morgan fingerprint density at radius 2 is 2.50 bits per heavy atom. The molecule has 0 spiro atoms. The minimum atomic E-state index is -0.745. The predicted octanol–water partition coefficient (Wildman–Crippen LogP) is 1.16. The molecule has 14 heavy (non-hydrogen) atoms.